The molecule has 3 nitrogen and oxygen atoms in total. The maximum absolute atomic E-state index is 11.2. The number of likely N-dealkylation sites (N-methyl/N-ethyl adjacent to an activating group) is 1. The number of hydrogen-bond donors (Lipinski definition) is 2. The predicted octanol–water partition coefficient (Wildman–Crippen LogP) is 1.13. The Balaban J connectivity index is 2.68. The van der Waals surface area contributed by atoms with Crippen LogP contribution in [0.4, 0.5) is 5.69 Å². The second kappa shape index (κ2) is 5.20. The van der Waals surface area contributed by atoms with E-state index in [0.29, 0.717) is 22.3 Å². The maximum Gasteiger partial charge on any atom is 0.279 e. The smallest absolute Gasteiger partial charge is 0.279 e. The standard InChI is InChI=1S/C9H10Cl2N2O/c1-12-5-9(14)13-6-2-3-7(10)8(11)4-6/h2-4,12H,5H2,1H3,(H,13,14)/p+1. The molecular weight excluding hydrogens is 223 g/mol. The summed E-state index contributed by atoms with van der Waals surface area (Å²) in [6, 6.07) is 4.98. The van der Waals surface area contributed by atoms with Crippen molar-refractivity contribution in [1.82, 2.24) is 0 Å². The van der Waals surface area contributed by atoms with Crippen LogP contribution in [-0.2, 0) is 4.79 Å². The fourth-order valence-electron chi connectivity index (χ4n) is 0.971. The molecule has 0 aliphatic heterocycles. The number of carbonyl (C=O) groups excluding carboxylic acids is 1. The van der Waals surface area contributed by atoms with Gasteiger partial charge in [0.25, 0.3) is 5.91 Å². The summed E-state index contributed by atoms with van der Waals surface area (Å²) < 4.78 is 0. The van der Waals surface area contributed by atoms with Crippen molar-refractivity contribution >= 4 is 34.8 Å². The first kappa shape index (κ1) is 11.3. The number of rotatable bonds is 3. The molecule has 14 heavy (non-hydrogen) atoms. The molecule has 0 heterocycles. The molecule has 0 bridgehead atoms. The Morgan fingerprint density at radius 2 is 2.14 bits per heavy atom. The van der Waals surface area contributed by atoms with Crippen LogP contribution in [-0.4, -0.2) is 19.5 Å². The van der Waals surface area contributed by atoms with Crippen molar-refractivity contribution in [3.8, 4) is 0 Å². The summed E-state index contributed by atoms with van der Waals surface area (Å²) in [6.07, 6.45) is 0. The first-order valence-corrected chi connectivity index (χ1v) is 4.92. The number of halogens is 2. The maximum atomic E-state index is 11.2. The highest BCUT2D eigenvalue weighted by atomic mass is 35.5. The molecule has 0 radical (unpaired) electrons. The van der Waals surface area contributed by atoms with Crippen molar-refractivity contribution in [1.29, 1.82) is 0 Å². The average Bonchev–Trinajstić information content (AvgIpc) is 2.12. The number of amides is 1. The highest BCUT2D eigenvalue weighted by molar-refractivity contribution is 6.42. The normalized spacial score (nSPS) is 9.93. The number of quaternary nitrogens is 1. The third-order valence-corrected chi connectivity index (χ3v) is 2.33. The van der Waals surface area contributed by atoms with Gasteiger partial charge in [0, 0.05) is 5.69 Å². The Morgan fingerprint density at radius 1 is 1.43 bits per heavy atom. The van der Waals surface area contributed by atoms with E-state index >= 15 is 0 Å². The molecule has 5 heteroatoms. The van der Waals surface area contributed by atoms with E-state index in [2.05, 4.69) is 5.32 Å². The van der Waals surface area contributed by atoms with E-state index < -0.39 is 0 Å². The van der Waals surface area contributed by atoms with Gasteiger partial charge in [0.1, 0.15) is 0 Å². The lowest BCUT2D eigenvalue weighted by atomic mass is 10.3. The Kier molecular flexibility index (Phi) is 4.20. The van der Waals surface area contributed by atoms with Crippen LogP contribution in [0.15, 0.2) is 18.2 Å². The molecule has 1 rings (SSSR count). The minimum atomic E-state index is -0.0640. The van der Waals surface area contributed by atoms with Crippen LogP contribution in [0.1, 0.15) is 0 Å². The van der Waals surface area contributed by atoms with E-state index in [1.807, 2.05) is 7.05 Å². The highest BCUT2D eigenvalue weighted by Crippen LogP contribution is 2.24. The number of carbonyl (C=O) groups is 1. The summed E-state index contributed by atoms with van der Waals surface area (Å²) in [5.74, 6) is -0.0640. The largest absolute Gasteiger partial charge is 0.341 e. The van der Waals surface area contributed by atoms with Crippen molar-refractivity contribution in [3.05, 3.63) is 28.2 Å². The minimum absolute atomic E-state index is 0.0640. The molecule has 0 fully saturated rings. The van der Waals surface area contributed by atoms with Crippen molar-refractivity contribution in [3.63, 3.8) is 0 Å². The lowest BCUT2D eigenvalue weighted by molar-refractivity contribution is -0.615. The zero-order valence-corrected chi connectivity index (χ0v) is 9.19. The fraction of sp³-hybridized carbons (Fsp3) is 0.222. The molecule has 0 aliphatic rings. The molecule has 0 aromatic heterocycles. The monoisotopic (exact) mass is 233 g/mol. The van der Waals surface area contributed by atoms with Crippen LogP contribution >= 0.6 is 23.2 Å². The van der Waals surface area contributed by atoms with E-state index in [9.17, 15) is 4.79 Å². The molecule has 0 unspecified atom stereocenters. The molecular formula is C9H11Cl2N2O+. The molecule has 0 aliphatic carbocycles. The molecule has 3 N–H and O–H groups in total. The SMILES string of the molecule is C[NH2+]CC(=O)Nc1ccc(Cl)c(Cl)c1. The third-order valence-electron chi connectivity index (χ3n) is 1.59. The van der Waals surface area contributed by atoms with Crippen LogP contribution in [0, 0.1) is 0 Å². The van der Waals surface area contributed by atoms with Gasteiger partial charge in [-0.1, -0.05) is 23.2 Å². The molecule has 0 atom stereocenters. The number of hydrogen-bond acceptors (Lipinski definition) is 1. The van der Waals surface area contributed by atoms with Gasteiger partial charge >= 0.3 is 0 Å². The number of anilines is 1. The first-order valence-electron chi connectivity index (χ1n) is 4.16. The van der Waals surface area contributed by atoms with E-state index in [-0.39, 0.29) is 5.91 Å². The topological polar surface area (TPSA) is 45.7 Å². The quantitative estimate of drug-likeness (QED) is 0.808. The Labute approximate surface area is 92.4 Å². The average molecular weight is 234 g/mol. The van der Waals surface area contributed by atoms with Gasteiger partial charge in [0.05, 0.1) is 17.1 Å². The first-order chi connectivity index (χ1) is 6.63. The summed E-state index contributed by atoms with van der Waals surface area (Å²) in [6.45, 7) is 0.389. The van der Waals surface area contributed by atoms with E-state index in [4.69, 9.17) is 23.2 Å². The zero-order valence-electron chi connectivity index (χ0n) is 7.68. The number of nitrogens with one attached hydrogen (secondary N) is 1. The molecule has 1 aromatic carbocycles. The second-order valence-corrected chi connectivity index (χ2v) is 3.60. The summed E-state index contributed by atoms with van der Waals surface area (Å²) in [4.78, 5) is 11.2. The van der Waals surface area contributed by atoms with E-state index in [1.165, 1.54) is 0 Å². The molecule has 76 valence electrons. The number of benzene rings is 1. The molecule has 0 saturated carbocycles. The van der Waals surface area contributed by atoms with Crippen molar-refractivity contribution in [2.24, 2.45) is 0 Å². The lowest BCUT2D eigenvalue weighted by Gasteiger charge is -2.04. The van der Waals surface area contributed by atoms with Gasteiger partial charge < -0.3 is 10.6 Å². The van der Waals surface area contributed by atoms with Gasteiger partial charge in [-0.25, -0.2) is 0 Å². The Hall–Kier alpha value is -0.770. The van der Waals surface area contributed by atoms with Gasteiger partial charge in [0.15, 0.2) is 6.54 Å². The van der Waals surface area contributed by atoms with Gasteiger partial charge in [-0.05, 0) is 18.2 Å². The lowest BCUT2D eigenvalue weighted by Crippen LogP contribution is -2.82. The summed E-state index contributed by atoms with van der Waals surface area (Å²) >= 11 is 11.5. The van der Waals surface area contributed by atoms with Gasteiger partial charge in [-0.15, -0.1) is 0 Å². The van der Waals surface area contributed by atoms with E-state index in [0.717, 1.165) is 0 Å². The fourth-order valence-corrected chi connectivity index (χ4v) is 1.27. The van der Waals surface area contributed by atoms with Crippen LogP contribution in [0.25, 0.3) is 0 Å². The Morgan fingerprint density at radius 3 is 2.71 bits per heavy atom. The van der Waals surface area contributed by atoms with Gasteiger partial charge in [-0.3, -0.25) is 4.79 Å². The van der Waals surface area contributed by atoms with Gasteiger partial charge in [0.2, 0.25) is 0 Å². The summed E-state index contributed by atoms with van der Waals surface area (Å²) in [7, 11) is 1.83. The second-order valence-electron chi connectivity index (χ2n) is 2.79. The highest BCUT2D eigenvalue weighted by Gasteiger charge is 2.04. The summed E-state index contributed by atoms with van der Waals surface area (Å²) in [5, 5.41) is 5.40. The predicted molar refractivity (Wildman–Crippen MR) is 57.8 cm³/mol. The van der Waals surface area contributed by atoms with Crippen LogP contribution in [0.2, 0.25) is 10.0 Å². The van der Waals surface area contributed by atoms with Crippen LogP contribution in [0.5, 0.6) is 0 Å². The molecule has 0 spiro atoms. The van der Waals surface area contributed by atoms with Crippen molar-refractivity contribution in [2.45, 2.75) is 0 Å². The molecule has 0 saturated heterocycles. The van der Waals surface area contributed by atoms with Crippen LogP contribution < -0.4 is 10.6 Å². The van der Waals surface area contributed by atoms with Crippen molar-refractivity contribution in [2.75, 3.05) is 18.9 Å². The summed E-state index contributed by atoms with van der Waals surface area (Å²) in [5.41, 5.74) is 0.659. The number of nitrogens with two attached hydrogens (primary N) is 1. The zero-order chi connectivity index (χ0) is 10.6. The molecule has 1 aromatic rings. The van der Waals surface area contributed by atoms with Crippen LogP contribution in [0.3, 0.4) is 0 Å². The molecule has 1 amide bonds. The van der Waals surface area contributed by atoms with Gasteiger partial charge in [-0.2, -0.15) is 0 Å². The van der Waals surface area contributed by atoms with Crippen molar-refractivity contribution < 1.29 is 10.1 Å². The minimum Gasteiger partial charge on any atom is -0.341 e. The Bertz CT molecular complexity index is 342. The van der Waals surface area contributed by atoms with E-state index in [1.54, 1.807) is 23.5 Å². The third kappa shape index (κ3) is 3.18.